The van der Waals surface area contributed by atoms with Crippen LogP contribution in [0.15, 0.2) is 53.6 Å². The lowest BCUT2D eigenvalue weighted by molar-refractivity contribution is 0.194. The molecule has 0 spiro atoms. The summed E-state index contributed by atoms with van der Waals surface area (Å²) >= 11 is 1.32. The van der Waals surface area contributed by atoms with Crippen molar-refractivity contribution in [2.75, 3.05) is 18.9 Å². The van der Waals surface area contributed by atoms with Gasteiger partial charge >= 0.3 is 0 Å². The van der Waals surface area contributed by atoms with E-state index >= 15 is 4.39 Å². The number of sulfone groups is 1. The quantitative estimate of drug-likeness (QED) is 0.382. The van der Waals surface area contributed by atoms with E-state index in [-0.39, 0.29) is 28.7 Å². The van der Waals surface area contributed by atoms with Gasteiger partial charge in [-0.3, -0.25) is 0 Å². The topological polar surface area (TPSA) is 108 Å². The lowest BCUT2D eigenvalue weighted by atomic mass is 10.1. The Labute approximate surface area is 208 Å². The Morgan fingerprint density at radius 2 is 1.81 bits per heavy atom. The highest BCUT2D eigenvalue weighted by molar-refractivity contribution is 7.90. The van der Waals surface area contributed by atoms with E-state index in [4.69, 9.17) is 10.5 Å². The van der Waals surface area contributed by atoms with Crippen LogP contribution in [-0.2, 0) is 20.3 Å². The first-order valence-electron chi connectivity index (χ1n) is 10.9. The third-order valence-corrected chi connectivity index (χ3v) is 8.68. The van der Waals surface area contributed by atoms with Gasteiger partial charge in [-0.25, -0.2) is 36.5 Å². The number of aromatic nitrogens is 3. The number of nitrogens with two attached hydrogens (primary N) is 1. The number of hydrogen-bond donors (Lipinski definition) is 1. The lowest BCUT2D eigenvalue weighted by Gasteiger charge is -2.11. The molecule has 12 heteroatoms. The minimum Gasteiger partial charge on any atom is -0.381 e. The van der Waals surface area contributed by atoms with Crippen molar-refractivity contribution >= 4 is 27.1 Å². The van der Waals surface area contributed by atoms with Crippen molar-refractivity contribution in [3.63, 3.8) is 0 Å². The fourth-order valence-corrected chi connectivity index (χ4v) is 6.70. The standard InChI is InChI=1S/C24H19F3N4O3S2/c25-16-5-2-6-17(26)22(16)36(32,33)12-14-3-1-4-15(19(14)27)20-21(18-7-9-29-24(28)30-18)35-23(31-20)13-8-10-34-11-13/h1-7,9,13H,8,10-12H2,(H2,28,29,30). The maximum atomic E-state index is 15.8. The minimum atomic E-state index is -4.53. The van der Waals surface area contributed by atoms with Crippen molar-refractivity contribution in [3.05, 3.63) is 76.7 Å². The highest BCUT2D eigenvalue weighted by atomic mass is 32.2. The first kappa shape index (κ1) is 24.3. The highest BCUT2D eigenvalue weighted by Crippen LogP contribution is 2.41. The van der Waals surface area contributed by atoms with E-state index in [1.807, 2.05) is 0 Å². The molecule has 2 aromatic heterocycles. The Kier molecular flexibility index (Phi) is 6.49. The third-order valence-electron chi connectivity index (χ3n) is 5.74. The van der Waals surface area contributed by atoms with Crippen LogP contribution in [0.5, 0.6) is 0 Å². The van der Waals surface area contributed by atoms with E-state index in [1.54, 1.807) is 6.07 Å². The average molecular weight is 533 g/mol. The molecule has 1 unspecified atom stereocenters. The highest BCUT2D eigenvalue weighted by Gasteiger charge is 2.29. The molecule has 0 saturated carbocycles. The van der Waals surface area contributed by atoms with Crippen LogP contribution in [0.3, 0.4) is 0 Å². The summed E-state index contributed by atoms with van der Waals surface area (Å²) in [6.07, 6.45) is 2.23. The zero-order valence-corrected chi connectivity index (χ0v) is 20.3. The van der Waals surface area contributed by atoms with Crippen molar-refractivity contribution in [1.29, 1.82) is 0 Å². The fourth-order valence-electron chi connectivity index (χ4n) is 4.03. The smallest absolute Gasteiger partial charge is 0.220 e. The molecule has 4 aromatic rings. The van der Waals surface area contributed by atoms with Crippen LogP contribution in [0, 0.1) is 17.5 Å². The molecule has 3 heterocycles. The molecule has 0 bridgehead atoms. The molecule has 2 aromatic carbocycles. The summed E-state index contributed by atoms with van der Waals surface area (Å²) in [5.41, 5.74) is 6.24. The van der Waals surface area contributed by atoms with Crippen molar-refractivity contribution < 1.29 is 26.3 Å². The molecule has 36 heavy (non-hydrogen) atoms. The van der Waals surface area contributed by atoms with Gasteiger partial charge in [-0.15, -0.1) is 11.3 Å². The predicted octanol–water partition coefficient (Wildman–Crippen LogP) is 4.74. The molecule has 2 N–H and O–H groups in total. The normalized spacial score (nSPS) is 15.9. The van der Waals surface area contributed by atoms with Gasteiger partial charge in [-0.05, 0) is 30.7 Å². The Morgan fingerprint density at radius 1 is 1.06 bits per heavy atom. The first-order chi connectivity index (χ1) is 17.2. The van der Waals surface area contributed by atoms with Crippen molar-refractivity contribution in [2.45, 2.75) is 23.0 Å². The molecule has 1 atom stereocenters. The second-order valence-electron chi connectivity index (χ2n) is 8.18. The molecule has 0 radical (unpaired) electrons. The van der Waals surface area contributed by atoms with Crippen LogP contribution in [0.25, 0.3) is 21.8 Å². The predicted molar refractivity (Wildman–Crippen MR) is 128 cm³/mol. The van der Waals surface area contributed by atoms with E-state index < -0.39 is 37.9 Å². The van der Waals surface area contributed by atoms with Crippen molar-refractivity contribution in [2.24, 2.45) is 0 Å². The summed E-state index contributed by atoms with van der Waals surface area (Å²) in [4.78, 5) is 12.3. The number of anilines is 1. The Balaban J connectivity index is 1.61. The number of nitrogens with zero attached hydrogens (tertiary/aromatic N) is 3. The number of benzene rings is 2. The average Bonchev–Trinajstić information content (AvgIpc) is 3.50. The van der Waals surface area contributed by atoms with Crippen LogP contribution in [-0.4, -0.2) is 36.6 Å². The molecular weight excluding hydrogens is 513 g/mol. The molecule has 0 amide bonds. The number of ether oxygens (including phenoxy) is 1. The largest absolute Gasteiger partial charge is 0.381 e. The summed E-state index contributed by atoms with van der Waals surface area (Å²) in [6, 6.07) is 8.55. The first-order valence-corrected chi connectivity index (χ1v) is 13.3. The van der Waals surface area contributed by atoms with Gasteiger partial charge in [0, 0.05) is 29.8 Å². The third kappa shape index (κ3) is 4.59. The summed E-state index contributed by atoms with van der Waals surface area (Å²) in [7, 11) is -4.53. The number of nitrogen functional groups attached to an aromatic ring is 1. The van der Waals surface area contributed by atoms with Crippen LogP contribution in [0.4, 0.5) is 19.1 Å². The summed E-state index contributed by atoms with van der Waals surface area (Å²) < 4.78 is 75.3. The van der Waals surface area contributed by atoms with Gasteiger partial charge in [0.15, 0.2) is 9.84 Å². The molecule has 0 aliphatic carbocycles. The maximum Gasteiger partial charge on any atom is 0.220 e. The number of thiazole rings is 1. The lowest BCUT2D eigenvalue weighted by Crippen LogP contribution is -2.11. The molecular formula is C24H19F3N4O3S2. The molecule has 1 aliphatic heterocycles. The molecule has 1 fully saturated rings. The van der Waals surface area contributed by atoms with Gasteiger partial charge in [-0.1, -0.05) is 18.2 Å². The molecule has 1 saturated heterocycles. The van der Waals surface area contributed by atoms with E-state index in [0.717, 1.165) is 29.6 Å². The SMILES string of the molecule is Nc1nccc(-c2sc(C3CCOC3)nc2-c2cccc(CS(=O)(=O)c3c(F)cccc3F)c2F)n1. The minimum absolute atomic E-state index is 0.0253. The summed E-state index contributed by atoms with van der Waals surface area (Å²) in [5, 5.41) is 0.723. The van der Waals surface area contributed by atoms with Gasteiger partial charge in [-0.2, -0.15) is 0 Å². The molecule has 186 valence electrons. The van der Waals surface area contributed by atoms with Gasteiger partial charge in [0.25, 0.3) is 0 Å². The van der Waals surface area contributed by atoms with E-state index in [1.165, 1.54) is 35.7 Å². The number of halogens is 3. The van der Waals surface area contributed by atoms with Crippen LogP contribution in [0.2, 0.25) is 0 Å². The zero-order valence-electron chi connectivity index (χ0n) is 18.6. The molecule has 7 nitrogen and oxygen atoms in total. The van der Waals surface area contributed by atoms with Gasteiger partial charge < -0.3 is 10.5 Å². The van der Waals surface area contributed by atoms with Gasteiger partial charge in [0.1, 0.15) is 22.3 Å². The number of hydrogen-bond acceptors (Lipinski definition) is 8. The van der Waals surface area contributed by atoms with Crippen molar-refractivity contribution in [1.82, 2.24) is 15.0 Å². The zero-order chi connectivity index (χ0) is 25.4. The van der Waals surface area contributed by atoms with E-state index in [2.05, 4.69) is 15.0 Å². The van der Waals surface area contributed by atoms with Crippen LogP contribution >= 0.6 is 11.3 Å². The monoisotopic (exact) mass is 532 g/mol. The van der Waals surface area contributed by atoms with Crippen LogP contribution in [0.1, 0.15) is 22.9 Å². The Bertz CT molecular complexity index is 1530. The van der Waals surface area contributed by atoms with E-state index in [9.17, 15) is 17.2 Å². The number of rotatable bonds is 6. The van der Waals surface area contributed by atoms with Gasteiger partial charge in [0.05, 0.1) is 33.6 Å². The maximum absolute atomic E-state index is 15.8. The van der Waals surface area contributed by atoms with Gasteiger partial charge in [0.2, 0.25) is 5.95 Å². The molecule has 1 aliphatic rings. The second-order valence-corrected chi connectivity index (χ2v) is 11.1. The van der Waals surface area contributed by atoms with Crippen molar-refractivity contribution in [3.8, 4) is 21.8 Å². The Morgan fingerprint density at radius 3 is 2.50 bits per heavy atom. The summed E-state index contributed by atoms with van der Waals surface area (Å²) in [6.45, 7) is 1.07. The molecule has 5 rings (SSSR count). The second kappa shape index (κ2) is 9.60. The van der Waals surface area contributed by atoms with Crippen LogP contribution < -0.4 is 5.73 Å². The van der Waals surface area contributed by atoms with E-state index in [0.29, 0.717) is 23.8 Å². The fraction of sp³-hybridized carbons (Fsp3) is 0.208. The Hall–Kier alpha value is -3.35. The summed E-state index contributed by atoms with van der Waals surface area (Å²) in [5.74, 6) is -4.22.